The third kappa shape index (κ3) is 6.20. The lowest BCUT2D eigenvalue weighted by Gasteiger charge is -2.16. The van der Waals surface area contributed by atoms with Crippen LogP contribution in [0, 0.1) is 0 Å². The van der Waals surface area contributed by atoms with Crippen molar-refractivity contribution in [2.75, 3.05) is 11.9 Å². The largest absolute Gasteiger partial charge is 0.377 e. The third-order valence-electron chi connectivity index (χ3n) is 3.20. The Kier molecular flexibility index (Phi) is 7.65. The lowest BCUT2D eigenvalue weighted by atomic mass is 10.2. The van der Waals surface area contributed by atoms with Crippen LogP contribution in [-0.2, 0) is 17.2 Å². The number of carbonyl (C=O) groups is 2. The summed E-state index contributed by atoms with van der Waals surface area (Å²) in [6, 6.07) is 4.63. The van der Waals surface area contributed by atoms with Gasteiger partial charge in [-0.25, -0.2) is 15.0 Å². The Bertz CT molecular complexity index is 893. The van der Waals surface area contributed by atoms with E-state index < -0.39 is 19.2 Å². The van der Waals surface area contributed by atoms with Crippen LogP contribution in [0.2, 0.25) is 5.02 Å². The number of hydrogen-bond acceptors (Lipinski definition) is 6. The lowest BCUT2D eigenvalue weighted by molar-refractivity contribution is -0.134. The van der Waals surface area contributed by atoms with Gasteiger partial charge in [0.15, 0.2) is 23.3 Å². The monoisotopic (exact) mass is 522 g/mol. The van der Waals surface area contributed by atoms with Gasteiger partial charge in [-0.15, -0.1) is 0 Å². The smallest absolute Gasteiger partial charge is 0.250 e. The van der Waals surface area contributed by atoms with Crippen molar-refractivity contribution in [3.63, 3.8) is 0 Å². The molecule has 13 heteroatoms. The molecule has 6 nitrogen and oxygen atoms in total. The van der Waals surface area contributed by atoms with Crippen LogP contribution in [0.1, 0.15) is 18.6 Å². The van der Waals surface area contributed by atoms with Gasteiger partial charge in [-0.1, -0.05) is 81.2 Å². The number of alkyl halides is 6. The highest BCUT2D eigenvalue weighted by molar-refractivity contribution is 6.67. The predicted molar refractivity (Wildman–Crippen MR) is 113 cm³/mol. The Hall–Kier alpha value is -0.600. The number of halogens is 7. The molecule has 0 saturated carbocycles. The minimum absolute atomic E-state index is 0.00834. The summed E-state index contributed by atoms with van der Waals surface area (Å²) in [5.74, 6) is -1.63. The van der Waals surface area contributed by atoms with Crippen molar-refractivity contribution in [3.05, 3.63) is 34.9 Å². The molecule has 2 rings (SSSR count). The quantitative estimate of drug-likeness (QED) is 0.415. The molecule has 0 aliphatic carbocycles. The number of carbonyl (C=O) groups excluding carboxylic acids is 2. The Morgan fingerprint density at radius 1 is 0.964 bits per heavy atom. The highest BCUT2D eigenvalue weighted by Crippen LogP contribution is 2.41. The summed E-state index contributed by atoms with van der Waals surface area (Å²) >= 11 is 41.4. The number of nitrogens with zero attached hydrogens (tertiary/aromatic N) is 3. The van der Waals surface area contributed by atoms with Gasteiger partial charge in [0.25, 0.3) is 0 Å². The third-order valence-corrected chi connectivity index (χ3v) is 4.53. The minimum Gasteiger partial charge on any atom is -0.377 e. The summed E-state index contributed by atoms with van der Waals surface area (Å²) in [5, 5.41) is 2.97. The van der Waals surface area contributed by atoms with Gasteiger partial charge in [-0.3, -0.25) is 9.59 Å². The van der Waals surface area contributed by atoms with Gasteiger partial charge < -0.3 is 5.32 Å². The molecule has 2 aromatic rings. The number of aromatic nitrogens is 3. The molecule has 0 aliphatic heterocycles. The number of hydrogen-bond donors (Lipinski definition) is 1. The van der Waals surface area contributed by atoms with Gasteiger partial charge in [-0.05, 0) is 18.2 Å². The SMILES string of the molecule is CC(=O)C(=O)CNc1ccc(-c2nc(C(Cl)(Cl)Cl)nc(C(Cl)(Cl)Cl)n2)c(Cl)c1. The first-order chi connectivity index (χ1) is 12.8. The van der Waals surface area contributed by atoms with Crippen molar-refractivity contribution in [2.24, 2.45) is 0 Å². The molecular weight excluding hydrogens is 516 g/mol. The predicted octanol–water partition coefficient (Wildman–Crippen LogP) is 5.42. The van der Waals surface area contributed by atoms with Gasteiger partial charge >= 0.3 is 0 Å². The first-order valence-corrected chi connectivity index (χ1v) is 9.91. The molecule has 0 atom stereocenters. The van der Waals surface area contributed by atoms with Crippen molar-refractivity contribution < 1.29 is 9.59 Å². The molecule has 0 radical (unpaired) electrons. The second-order valence-electron chi connectivity index (χ2n) is 5.33. The number of nitrogens with one attached hydrogen (secondary N) is 1. The van der Waals surface area contributed by atoms with Crippen molar-refractivity contribution in [2.45, 2.75) is 14.5 Å². The first-order valence-electron chi connectivity index (χ1n) is 7.27. The molecular formula is C15H9Cl7N4O2. The maximum Gasteiger partial charge on any atom is 0.250 e. The topological polar surface area (TPSA) is 84.8 Å². The van der Waals surface area contributed by atoms with Crippen molar-refractivity contribution in [1.82, 2.24) is 15.0 Å². The number of ketones is 2. The summed E-state index contributed by atoms with van der Waals surface area (Å²) in [7, 11) is 0. The van der Waals surface area contributed by atoms with E-state index in [4.69, 9.17) is 81.2 Å². The first kappa shape index (κ1) is 23.7. The van der Waals surface area contributed by atoms with E-state index >= 15 is 0 Å². The molecule has 1 aromatic carbocycles. The number of anilines is 1. The highest BCUT2D eigenvalue weighted by Gasteiger charge is 2.34. The summed E-state index contributed by atoms with van der Waals surface area (Å²) < 4.78 is -3.99. The zero-order valence-corrected chi connectivity index (χ0v) is 19.0. The highest BCUT2D eigenvalue weighted by atomic mass is 35.6. The van der Waals surface area contributed by atoms with E-state index in [0.29, 0.717) is 11.3 Å². The van der Waals surface area contributed by atoms with E-state index in [1.165, 1.54) is 13.0 Å². The molecule has 150 valence electrons. The molecule has 0 amide bonds. The lowest BCUT2D eigenvalue weighted by Crippen LogP contribution is -2.20. The molecule has 0 bridgehead atoms. The fourth-order valence-corrected chi connectivity index (χ4v) is 2.64. The van der Waals surface area contributed by atoms with Gasteiger partial charge in [-0.2, -0.15) is 0 Å². The Balaban J connectivity index is 2.44. The van der Waals surface area contributed by atoms with Crippen LogP contribution in [0.3, 0.4) is 0 Å². The fourth-order valence-electron chi connectivity index (χ4n) is 1.86. The minimum atomic E-state index is -2.00. The molecule has 28 heavy (non-hydrogen) atoms. The van der Waals surface area contributed by atoms with Crippen LogP contribution in [0.4, 0.5) is 5.69 Å². The van der Waals surface area contributed by atoms with Gasteiger partial charge in [0, 0.05) is 18.2 Å². The molecule has 1 N–H and O–H groups in total. The van der Waals surface area contributed by atoms with Gasteiger partial charge in [0.1, 0.15) is 0 Å². The molecule has 0 unspecified atom stereocenters. The second kappa shape index (κ2) is 9.04. The van der Waals surface area contributed by atoms with E-state index in [2.05, 4.69) is 20.3 Å². The van der Waals surface area contributed by atoms with E-state index in [1.54, 1.807) is 12.1 Å². The molecule has 0 saturated heterocycles. The average Bonchev–Trinajstić information content (AvgIpc) is 2.57. The van der Waals surface area contributed by atoms with Crippen LogP contribution < -0.4 is 5.32 Å². The zero-order valence-electron chi connectivity index (χ0n) is 13.7. The van der Waals surface area contributed by atoms with Gasteiger partial charge in [0.2, 0.25) is 13.4 Å². The second-order valence-corrected chi connectivity index (χ2v) is 10.3. The van der Waals surface area contributed by atoms with E-state index in [9.17, 15) is 9.59 Å². The van der Waals surface area contributed by atoms with E-state index in [-0.39, 0.29) is 29.0 Å². The fraction of sp³-hybridized carbons (Fsp3) is 0.267. The Labute approximate surface area is 194 Å². The van der Waals surface area contributed by atoms with Crippen LogP contribution >= 0.6 is 81.2 Å². The normalized spacial score (nSPS) is 12.0. The maximum atomic E-state index is 11.4. The molecule has 0 fully saturated rings. The average molecular weight is 525 g/mol. The molecule has 1 heterocycles. The summed E-state index contributed by atoms with van der Waals surface area (Å²) in [6.45, 7) is 1.01. The number of rotatable bonds is 5. The van der Waals surface area contributed by atoms with Crippen molar-refractivity contribution in [3.8, 4) is 11.4 Å². The standard InChI is InChI=1S/C15H9Cl7N4O2/c1-6(27)10(28)5-23-7-2-3-8(9(16)4-7)11-24-12(14(17,18)19)26-13(25-11)15(20,21)22/h2-4,23H,5H2,1H3. The number of benzene rings is 1. The van der Waals surface area contributed by atoms with Crippen molar-refractivity contribution in [1.29, 1.82) is 0 Å². The van der Waals surface area contributed by atoms with Crippen LogP contribution in [0.15, 0.2) is 18.2 Å². The maximum absolute atomic E-state index is 11.4. The Morgan fingerprint density at radius 2 is 1.50 bits per heavy atom. The van der Waals surface area contributed by atoms with E-state index in [0.717, 1.165) is 0 Å². The Morgan fingerprint density at radius 3 is 1.93 bits per heavy atom. The van der Waals surface area contributed by atoms with E-state index in [1.807, 2.05) is 0 Å². The van der Waals surface area contributed by atoms with Gasteiger partial charge in [0.05, 0.1) is 11.6 Å². The molecule has 1 aromatic heterocycles. The number of Topliss-reactive ketones (excluding diaryl/α,β-unsaturated/α-hetero) is 2. The van der Waals surface area contributed by atoms with Crippen molar-refractivity contribution >= 4 is 98.5 Å². The summed E-state index contributed by atoms with van der Waals surface area (Å²) in [6.07, 6.45) is 0. The zero-order chi connectivity index (χ0) is 21.3. The van der Waals surface area contributed by atoms with Crippen LogP contribution in [-0.4, -0.2) is 33.1 Å². The molecule has 0 aliphatic rings. The van der Waals surface area contributed by atoms with Crippen LogP contribution in [0.5, 0.6) is 0 Å². The summed E-state index contributed by atoms with van der Waals surface area (Å²) in [5.41, 5.74) is 0.819. The van der Waals surface area contributed by atoms with Crippen LogP contribution in [0.25, 0.3) is 11.4 Å². The summed E-state index contributed by atoms with van der Waals surface area (Å²) in [4.78, 5) is 34.4. The molecule has 0 spiro atoms.